The maximum absolute atomic E-state index is 5.20. The fraction of sp³-hybridized carbons (Fsp3) is 1.00. The van der Waals surface area contributed by atoms with Crippen molar-refractivity contribution in [3.63, 3.8) is 0 Å². The molecule has 0 radical (unpaired) electrons. The van der Waals surface area contributed by atoms with E-state index in [-0.39, 0.29) is 6.29 Å². The molecule has 0 aromatic heterocycles. The van der Waals surface area contributed by atoms with Gasteiger partial charge in [-0.05, 0) is 31.1 Å². The molecule has 3 heteroatoms. The van der Waals surface area contributed by atoms with Crippen LogP contribution in [0.2, 0.25) is 0 Å². The van der Waals surface area contributed by atoms with E-state index >= 15 is 0 Å². The fourth-order valence-electron chi connectivity index (χ4n) is 2.73. The molecule has 0 saturated heterocycles. The van der Waals surface area contributed by atoms with E-state index in [4.69, 9.17) is 9.47 Å². The standard InChI is InChI=1S/C14H29NO2/c1-11(2)12-6-5-7-13(9-8-12)15-10-14(16-3)17-4/h11-15H,5-10H2,1-4H3. The molecule has 1 aliphatic rings. The predicted octanol–water partition coefficient (Wildman–Crippen LogP) is 2.80. The van der Waals surface area contributed by atoms with Crippen molar-refractivity contribution in [1.29, 1.82) is 0 Å². The largest absolute Gasteiger partial charge is 0.355 e. The van der Waals surface area contributed by atoms with Gasteiger partial charge in [-0.2, -0.15) is 0 Å². The van der Waals surface area contributed by atoms with E-state index in [1.54, 1.807) is 14.2 Å². The Morgan fingerprint density at radius 2 is 1.76 bits per heavy atom. The van der Waals surface area contributed by atoms with Gasteiger partial charge in [-0.15, -0.1) is 0 Å². The molecule has 1 N–H and O–H groups in total. The molecule has 2 atom stereocenters. The molecule has 1 rings (SSSR count). The Morgan fingerprint density at radius 3 is 2.35 bits per heavy atom. The summed E-state index contributed by atoms with van der Waals surface area (Å²) in [5.41, 5.74) is 0. The van der Waals surface area contributed by atoms with Gasteiger partial charge in [-0.3, -0.25) is 0 Å². The highest BCUT2D eigenvalue weighted by Gasteiger charge is 2.21. The molecular weight excluding hydrogens is 214 g/mol. The first kappa shape index (κ1) is 14.9. The van der Waals surface area contributed by atoms with Crippen molar-refractivity contribution in [3.8, 4) is 0 Å². The van der Waals surface area contributed by atoms with E-state index in [1.165, 1.54) is 32.1 Å². The van der Waals surface area contributed by atoms with Crippen LogP contribution in [0.3, 0.4) is 0 Å². The molecule has 2 unspecified atom stereocenters. The first-order chi connectivity index (χ1) is 8.17. The van der Waals surface area contributed by atoms with Gasteiger partial charge in [0.15, 0.2) is 6.29 Å². The maximum atomic E-state index is 5.20. The highest BCUT2D eigenvalue weighted by molar-refractivity contribution is 4.76. The molecule has 17 heavy (non-hydrogen) atoms. The Bertz CT molecular complexity index is 193. The molecule has 0 aromatic rings. The Labute approximate surface area is 106 Å². The lowest BCUT2D eigenvalue weighted by Crippen LogP contribution is -2.37. The van der Waals surface area contributed by atoms with Crippen LogP contribution >= 0.6 is 0 Å². The Kier molecular flexibility index (Phi) is 7.09. The third-order valence-electron chi connectivity index (χ3n) is 4.06. The zero-order valence-electron chi connectivity index (χ0n) is 11.9. The van der Waals surface area contributed by atoms with Crippen LogP contribution in [0.5, 0.6) is 0 Å². The van der Waals surface area contributed by atoms with Crippen LogP contribution in [0, 0.1) is 11.8 Å². The monoisotopic (exact) mass is 243 g/mol. The summed E-state index contributed by atoms with van der Waals surface area (Å²) in [5.74, 6) is 1.75. The second kappa shape index (κ2) is 8.06. The summed E-state index contributed by atoms with van der Waals surface area (Å²) >= 11 is 0. The molecule has 0 bridgehead atoms. The lowest BCUT2D eigenvalue weighted by molar-refractivity contribution is -0.1000. The summed E-state index contributed by atoms with van der Waals surface area (Å²) < 4.78 is 10.4. The van der Waals surface area contributed by atoms with Gasteiger partial charge in [0.25, 0.3) is 0 Å². The van der Waals surface area contributed by atoms with Gasteiger partial charge in [0.1, 0.15) is 0 Å². The number of hydrogen-bond donors (Lipinski definition) is 1. The smallest absolute Gasteiger partial charge is 0.169 e. The molecule has 102 valence electrons. The maximum Gasteiger partial charge on any atom is 0.169 e. The van der Waals surface area contributed by atoms with Gasteiger partial charge in [0, 0.05) is 26.8 Å². The minimum Gasteiger partial charge on any atom is -0.355 e. The summed E-state index contributed by atoms with van der Waals surface area (Å²) in [6.07, 6.45) is 6.59. The van der Waals surface area contributed by atoms with Crippen LogP contribution in [0.25, 0.3) is 0 Å². The van der Waals surface area contributed by atoms with Gasteiger partial charge < -0.3 is 14.8 Å². The highest BCUT2D eigenvalue weighted by Crippen LogP contribution is 2.28. The molecule has 0 amide bonds. The normalized spacial score (nSPS) is 26.5. The van der Waals surface area contributed by atoms with E-state index in [0.717, 1.165) is 18.4 Å². The Morgan fingerprint density at radius 1 is 1.06 bits per heavy atom. The average molecular weight is 243 g/mol. The molecule has 1 aliphatic carbocycles. The van der Waals surface area contributed by atoms with Gasteiger partial charge in [0.2, 0.25) is 0 Å². The van der Waals surface area contributed by atoms with Crippen molar-refractivity contribution in [2.75, 3.05) is 20.8 Å². The molecule has 0 aliphatic heterocycles. The number of nitrogens with one attached hydrogen (secondary N) is 1. The summed E-state index contributed by atoms with van der Waals surface area (Å²) in [7, 11) is 3.38. The fourth-order valence-corrected chi connectivity index (χ4v) is 2.73. The number of ether oxygens (including phenoxy) is 2. The summed E-state index contributed by atoms with van der Waals surface area (Å²) in [5, 5.41) is 3.57. The van der Waals surface area contributed by atoms with Crippen LogP contribution in [-0.2, 0) is 9.47 Å². The molecule has 1 saturated carbocycles. The predicted molar refractivity (Wildman–Crippen MR) is 71.0 cm³/mol. The van der Waals surface area contributed by atoms with Crippen molar-refractivity contribution in [3.05, 3.63) is 0 Å². The third-order valence-corrected chi connectivity index (χ3v) is 4.06. The SMILES string of the molecule is COC(CNC1CCCC(C(C)C)CC1)OC. The van der Waals surface area contributed by atoms with Crippen LogP contribution < -0.4 is 5.32 Å². The molecule has 0 aromatic carbocycles. The molecule has 1 fully saturated rings. The molecular formula is C14H29NO2. The summed E-state index contributed by atoms with van der Waals surface area (Å²) in [6, 6.07) is 0.645. The first-order valence-electron chi connectivity index (χ1n) is 6.96. The molecule has 0 heterocycles. The van der Waals surface area contributed by atoms with E-state index < -0.39 is 0 Å². The van der Waals surface area contributed by atoms with Gasteiger partial charge in [-0.1, -0.05) is 26.7 Å². The molecule has 0 spiro atoms. The summed E-state index contributed by atoms with van der Waals surface area (Å²) in [4.78, 5) is 0. The zero-order chi connectivity index (χ0) is 12.7. The van der Waals surface area contributed by atoms with Crippen molar-refractivity contribution in [1.82, 2.24) is 5.32 Å². The summed E-state index contributed by atoms with van der Waals surface area (Å²) in [6.45, 7) is 5.50. The second-order valence-electron chi connectivity index (χ2n) is 5.52. The van der Waals surface area contributed by atoms with Crippen molar-refractivity contribution in [2.45, 2.75) is 58.3 Å². The van der Waals surface area contributed by atoms with Crippen molar-refractivity contribution in [2.24, 2.45) is 11.8 Å². The quantitative estimate of drug-likeness (QED) is 0.575. The lowest BCUT2D eigenvalue weighted by atomic mass is 9.89. The van der Waals surface area contributed by atoms with Gasteiger partial charge in [-0.25, -0.2) is 0 Å². The Balaban J connectivity index is 2.26. The van der Waals surface area contributed by atoms with Crippen molar-refractivity contribution < 1.29 is 9.47 Å². The van der Waals surface area contributed by atoms with E-state index in [9.17, 15) is 0 Å². The van der Waals surface area contributed by atoms with E-state index in [2.05, 4.69) is 19.2 Å². The van der Waals surface area contributed by atoms with Gasteiger partial charge in [0.05, 0.1) is 0 Å². The highest BCUT2D eigenvalue weighted by atomic mass is 16.7. The second-order valence-corrected chi connectivity index (χ2v) is 5.52. The first-order valence-corrected chi connectivity index (χ1v) is 6.96. The number of methoxy groups -OCH3 is 2. The number of rotatable bonds is 6. The van der Waals surface area contributed by atoms with Crippen LogP contribution in [0.1, 0.15) is 46.0 Å². The molecule has 3 nitrogen and oxygen atoms in total. The Hall–Kier alpha value is -0.120. The van der Waals surface area contributed by atoms with Crippen LogP contribution in [0.4, 0.5) is 0 Å². The van der Waals surface area contributed by atoms with Crippen LogP contribution in [0.15, 0.2) is 0 Å². The minimum absolute atomic E-state index is 0.112. The zero-order valence-corrected chi connectivity index (χ0v) is 11.9. The van der Waals surface area contributed by atoms with Crippen LogP contribution in [-0.4, -0.2) is 33.1 Å². The minimum atomic E-state index is -0.112. The third kappa shape index (κ3) is 5.36. The lowest BCUT2D eigenvalue weighted by Gasteiger charge is -2.21. The van der Waals surface area contributed by atoms with Gasteiger partial charge >= 0.3 is 0 Å². The van der Waals surface area contributed by atoms with E-state index in [1.807, 2.05) is 0 Å². The number of hydrogen-bond acceptors (Lipinski definition) is 3. The topological polar surface area (TPSA) is 30.5 Å². The van der Waals surface area contributed by atoms with Crippen molar-refractivity contribution >= 4 is 0 Å². The van der Waals surface area contributed by atoms with E-state index in [0.29, 0.717) is 6.04 Å². The average Bonchev–Trinajstić information content (AvgIpc) is 2.56.